The number of rotatable bonds is 3. The SMILES string of the molecule is C=C[C](C)c1cc(F)cc(C2CC2)c1. The van der Waals surface area contributed by atoms with Crippen LogP contribution >= 0.6 is 0 Å². The van der Waals surface area contributed by atoms with Gasteiger partial charge in [-0.05, 0) is 42.0 Å². The summed E-state index contributed by atoms with van der Waals surface area (Å²) < 4.78 is 13.3. The molecule has 0 heterocycles. The Morgan fingerprint density at radius 3 is 2.71 bits per heavy atom. The molecule has 0 aliphatic heterocycles. The maximum absolute atomic E-state index is 13.3. The molecular weight excluding hydrogens is 175 g/mol. The van der Waals surface area contributed by atoms with E-state index < -0.39 is 0 Å². The van der Waals surface area contributed by atoms with Gasteiger partial charge in [-0.2, -0.15) is 0 Å². The summed E-state index contributed by atoms with van der Waals surface area (Å²) in [5.74, 6) is 1.50. The number of benzene rings is 1. The van der Waals surface area contributed by atoms with Gasteiger partial charge in [0.05, 0.1) is 0 Å². The lowest BCUT2D eigenvalue weighted by molar-refractivity contribution is 0.624. The molecule has 1 aromatic rings. The van der Waals surface area contributed by atoms with Gasteiger partial charge in [0, 0.05) is 5.92 Å². The summed E-state index contributed by atoms with van der Waals surface area (Å²) in [5.41, 5.74) is 2.10. The Balaban J connectivity index is 2.35. The molecule has 1 saturated carbocycles. The molecule has 0 spiro atoms. The molecule has 0 saturated heterocycles. The zero-order chi connectivity index (χ0) is 10.1. The second-order valence-corrected chi connectivity index (χ2v) is 3.93. The molecule has 0 atom stereocenters. The van der Waals surface area contributed by atoms with Crippen LogP contribution in [0.2, 0.25) is 0 Å². The molecule has 1 aliphatic carbocycles. The Kier molecular flexibility index (Phi) is 2.40. The van der Waals surface area contributed by atoms with Crippen LogP contribution in [0.15, 0.2) is 30.9 Å². The van der Waals surface area contributed by atoms with Crippen LogP contribution in [-0.2, 0) is 0 Å². The summed E-state index contributed by atoms with van der Waals surface area (Å²) >= 11 is 0. The molecule has 2 rings (SSSR count). The van der Waals surface area contributed by atoms with Crippen molar-refractivity contribution in [2.24, 2.45) is 0 Å². The van der Waals surface area contributed by atoms with E-state index in [4.69, 9.17) is 0 Å². The van der Waals surface area contributed by atoms with Gasteiger partial charge >= 0.3 is 0 Å². The van der Waals surface area contributed by atoms with Crippen LogP contribution in [-0.4, -0.2) is 0 Å². The highest BCUT2D eigenvalue weighted by Crippen LogP contribution is 2.41. The topological polar surface area (TPSA) is 0 Å². The number of hydrogen-bond donors (Lipinski definition) is 0. The van der Waals surface area contributed by atoms with Crippen LogP contribution < -0.4 is 0 Å². The van der Waals surface area contributed by atoms with Gasteiger partial charge in [-0.15, -0.1) is 6.58 Å². The van der Waals surface area contributed by atoms with Crippen molar-refractivity contribution < 1.29 is 4.39 Å². The Morgan fingerprint density at radius 1 is 1.43 bits per heavy atom. The van der Waals surface area contributed by atoms with Gasteiger partial charge in [-0.25, -0.2) is 4.39 Å². The van der Waals surface area contributed by atoms with Crippen LogP contribution in [0.25, 0.3) is 0 Å². The molecule has 73 valence electrons. The van der Waals surface area contributed by atoms with Gasteiger partial charge in [-0.3, -0.25) is 0 Å². The predicted molar refractivity (Wildman–Crippen MR) is 56.6 cm³/mol. The van der Waals surface area contributed by atoms with E-state index in [0.717, 1.165) is 17.0 Å². The Hall–Kier alpha value is -1.11. The van der Waals surface area contributed by atoms with E-state index in [-0.39, 0.29) is 5.82 Å². The summed E-state index contributed by atoms with van der Waals surface area (Å²) in [6.45, 7) is 5.65. The Labute approximate surface area is 84.5 Å². The molecule has 1 radical (unpaired) electrons. The van der Waals surface area contributed by atoms with Crippen molar-refractivity contribution in [3.8, 4) is 0 Å². The lowest BCUT2D eigenvalue weighted by Gasteiger charge is -2.08. The average molecular weight is 189 g/mol. The van der Waals surface area contributed by atoms with Crippen molar-refractivity contribution in [1.29, 1.82) is 0 Å². The van der Waals surface area contributed by atoms with Crippen molar-refractivity contribution in [2.45, 2.75) is 25.7 Å². The zero-order valence-corrected chi connectivity index (χ0v) is 8.39. The fourth-order valence-corrected chi connectivity index (χ4v) is 1.61. The minimum atomic E-state index is -0.134. The largest absolute Gasteiger partial charge is 0.207 e. The monoisotopic (exact) mass is 189 g/mol. The van der Waals surface area contributed by atoms with E-state index >= 15 is 0 Å². The van der Waals surface area contributed by atoms with Gasteiger partial charge in [0.2, 0.25) is 0 Å². The molecule has 0 bridgehead atoms. The number of hydrogen-bond acceptors (Lipinski definition) is 0. The number of halogens is 1. The molecule has 14 heavy (non-hydrogen) atoms. The van der Waals surface area contributed by atoms with Crippen molar-refractivity contribution >= 4 is 0 Å². The highest BCUT2D eigenvalue weighted by Gasteiger charge is 2.24. The van der Waals surface area contributed by atoms with Gasteiger partial charge in [0.25, 0.3) is 0 Å². The maximum Gasteiger partial charge on any atom is 0.123 e. The molecule has 0 unspecified atom stereocenters. The molecule has 1 aliphatic rings. The molecule has 0 aromatic heterocycles. The predicted octanol–water partition coefficient (Wildman–Crippen LogP) is 3.83. The van der Waals surface area contributed by atoms with Crippen LogP contribution in [0.3, 0.4) is 0 Å². The fourth-order valence-electron chi connectivity index (χ4n) is 1.61. The smallest absolute Gasteiger partial charge is 0.123 e. The minimum absolute atomic E-state index is 0.134. The normalized spacial score (nSPS) is 15.9. The van der Waals surface area contributed by atoms with Crippen molar-refractivity contribution in [3.63, 3.8) is 0 Å². The van der Waals surface area contributed by atoms with Gasteiger partial charge < -0.3 is 0 Å². The third-order valence-electron chi connectivity index (χ3n) is 2.73. The lowest BCUT2D eigenvalue weighted by Crippen LogP contribution is -1.93. The zero-order valence-electron chi connectivity index (χ0n) is 8.39. The first kappa shape index (κ1) is 9.45. The van der Waals surface area contributed by atoms with Gasteiger partial charge in [-0.1, -0.05) is 19.1 Å². The van der Waals surface area contributed by atoms with Crippen molar-refractivity contribution in [1.82, 2.24) is 0 Å². The highest BCUT2D eigenvalue weighted by molar-refractivity contribution is 5.40. The van der Waals surface area contributed by atoms with Crippen molar-refractivity contribution in [2.75, 3.05) is 0 Å². The van der Waals surface area contributed by atoms with E-state index in [1.165, 1.54) is 12.8 Å². The standard InChI is InChI=1S/C13H14F/c1-3-9(2)11-6-12(10-4-5-10)8-13(14)7-11/h3,6-8,10H,1,4-5H2,2H3. The second-order valence-electron chi connectivity index (χ2n) is 3.93. The summed E-state index contributed by atoms with van der Waals surface area (Å²) in [7, 11) is 0. The van der Waals surface area contributed by atoms with E-state index in [2.05, 4.69) is 12.6 Å². The molecule has 0 nitrogen and oxygen atoms in total. The molecule has 1 fully saturated rings. The molecule has 0 amide bonds. The van der Waals surface area contributed by atoms with Crippen molar-refractivity contribution in [3.05, 3.63) is 53.7 Å². The average Bonchev–Trinajstić information content (AvgIpc) is 2.98. The minimum Gasteiger partial charge on any atom is -0.207 e. The lowest BCUT2D eigenvalue weighted by atomic mass is 9.97. The fraction of sp³-hybridized carbons (Fsp3) is 0.308. The quantitative estimate of drug-likeness (QED) is 0.677. The van der Waals surface area contributed by atoms with Crippen LogP contribution in [0.4, 0.5) is 4.39 Å². The third kappa shape index (κ3) is 1.87. The first-order valence-electron chi connectivity index (χ1n) is 4.97. The van der Waals surface area contributed by atoms with E-state index in [1.54, 1.807) is 18.2 Å². The first-order valence-corrected chi connectivity index (χ1v) is 4.97. The molecule has 1 aromatic carbocycles. The first-order chi connectivity index (χ1) is 6.70. The summed E-state index contributed by atoms with van der Waals surface area (Å²) in [6.07, 6.45) is 4.18. The van der Waals surface area contributed by atoms with Gasteiger partial charge in [0.15, 0.2) is 0 Å². The summed E-state index contributed by atoms with van der Waals surface area (Å²) in [5, 5.41) is 0. The third-order valence-corrected chi connectivity index (χ3v) is 2.73. The molecule has 0 N–H and O–H groups in total. The van der Waals surface area contributed by atoms with E-state index in [1.807, 2.05) is 6.92 Å². The Morgan fingerprint density at radius 2 is 2.14 bits per heavy atom. The summed E-state index contributed by atoms with van der Waals surface area (Å²) in [4.78, 5) is 0. The maximum atomic E-state index is 13.3. The van der Waals surface area contributed by atoms with E-state index in [0.29, 0.717) is 5.92 Å². The van der Waals surface area contributed by atoms with Crippen LogP contribution in [0.5, 0.6) is 0 Å². The second kappa shape index (κ2) is 3.56. The highest BCUT2D eigenvalue weighted by atomic mass is 19.1. The number of allylic oxidation sites excluding steroid dienone is 1. The summed E-state index contributed by atoms with van der Waals surface area (Å²) in [6, 6.07) is 5.30. The Bertz CT molecular complexity index is 350. The molecular formula is C13H14F. The van der Waals surface area contributed by atoms with E-state index in [9.17, 15) is 4.39 Å². The van der Waals surface area contributed by atoms with Crippen LogP contribution in [0, 0.1) is 11.7 Å². The molecule has 1 heteroatoms. The van der Waals surface area contributed by atoms with Gasteiger partial charge in [0.1, 0.15) is 5.82 Å². The van der Waals surface area contributed by atoms with Crippen LogP contribution in [0.1, 0.15) is 36.8 Å².